The van der Waals surface area contributed by atoms with Crippen LogP contribution in [0.4, 0.5) is 10.1 Å². The Balaban J connectivity index is 1.46. The SMILES string of the molecule is O=C(COc1c(Cl)cc(F)cc1Cl)Nc1cccc(-c2nc3cccnc3s2)c1. The molecule has 0 aliphatic heterocycles. The zero-order chi connectivity index (χ0) is 20.4. The first-order valence-corrected chi connectivity index (χ1v) is 9.96. The number of rotatable bonds is 5. The van der Waals surface area contributed by atoms with E-state index in [1.54, 1.807) is 12.3 Å². The number of halogens is 3. The fourth-order valence-electron chi connectivity index (χ4n) is 2.62. The number of fused-ring (bicyclic) bond motifs is 1. The fourth-order valence-corrected chi connectivity index (χ4v) is 4.10. The van der Waals surface area contributed by atoms with Crippen LogP contribution in [0, 0.1) is 5.82 Å². The van der Waals surface area contributed by atoms with Crippen LogP contribution in [0.15, 0.2) is 54.7 Å². The Kier molecular flexibility index (Phi) is 5.62. The topological polar surface area (TPSA) is 64.1 Å². The van der Waals surface area contributed by atoms with Crippen molar-refractivity contribution in [3.63, 3.8) is 0 Å². The fraction of sp³-hybridized carbons (Fsp3) is 0.0500. The van der Waals surface area contributed by atoms with Gasteiger partial charge in [0.25, 0.3) is 5.91 Å². The maximum Gasteiger partial charge on any atom is 0.262 e. The minimum absolute atomic E-state index is 0.00533. The number of thiazole rings is 1. The van der Waals surface area contributed by atoms with Gasteiger partial charge in [-0.3, -0.25) is 4.79 Å². The molecular formula is C20H12Cl2FN3O2S. The second kappa shape index (κ2) is 8.32. The molecule has 2 aromatic carbocycles. The highest BCUT2D eigenvalue weighted by atomic mass is 35.5. The van der Waals surface area contributed by atoms with Crippen LogP contribution >= 0.6 is 34.5 Å². The van der Waals surface area contributed by atoms with Crippen LogP contribution in [0.3, 0.4) is 0 Å². The monoisotopic (exact) mass is 447 g/mol. The first kappa shape index (κ1) is 19.6. The number of ether oxygens (including phenoxy) is 1. The third kappa shape index (κ3) is 4.48. The molecule has 0 saturated carbocycles. The van der Waals surface area contributed by atoms with Crippen LogP contribution in [-0.4, -0.2) is 22.5 Å². The van der Waals surface area contributed by atoms with E-state index >= 15 is 0 Å². The molecule has 4 rings (SSSR count). The average Bonchev–Trinajstić information content (AvgIpc) is 3.11. The number of nitrogens with zero attached hydrogens (tertiary/aromatic N) is 2. The van der Waals surface area contributed by atoms with E-state index in [1.165, 1.54) is 11.3 Å². The Morgan fingerprint density at radius 2 is 1.93 bits per heavy atom. The van der Waals surface area contributed by atoms with Gasteiger partial charge in [0.2, 0.25) is 0 Å². The first-order chi connectivity index (χ1) is 14.0. The normalized spacial score (nSPS) is 10.9. The van der Waals surface area contributed by atoms with Crippen molar-refractivity contribution in [3.05, 3.63) is 70.6 Å². The Bertz CT molecular complexity index is 1160. The number of nitrogens with one attached hydrogen (secondary N) is 1. The lowest BCUT2D eigenvalue weighted by molar-refractivity contribution is -0.118. The van der Waals surface area contributed by atoms with Gasteiger partial charge in [-0.2, -0.15) is 0 Å². The number of carbonyl (C=O) groups excluding carboxylic acids is 1. The van der Waals surface area contributed by atoms with E-state index in [0.29, 0.717) is 5.69 Å². The molecule has 0 aliphatic rings. The average molecular weight is 448 g/mol. The molecule has 0 fully saturated rings. The second-order valence-electron chi connectivity index (χ2n) is 5.96. The maximum atomic E-state index is 13.2. The Morgan fingerprint density at radius 3 is 2.69 bits per heavy atom. The van der Waals surface area contributed by atoms with Gasteiger partial charge in [-0.1, -0.05) is 46.7 Å². The minimum atomic E-state index is -0.585. The highest BCUT2D eigenvalue weighted by Gasteiger charge is 2.13. The molecule has 2 heterocycles. The molecule has 0 radical (unpaired) electrons. The van der Waals surface area contributed by atoms with E-state index in [4.69, 9.17) is 27.9 Å². The molecule has 0 atom stereocenters. The van der Waals surface area contributed by atoms with Gasteiger partial charge in [0.1, 0.15) is 21.2 Å². The van der Waals surface area contributed by atoms with Gasteiger partial charge in [0.15, 0.2) is 12.4 Å². The molecular weight excluding hydrogens is 436 g/mol. The highest BCUT2D eigenvalue weighted by molar-refractivity contribution is 7.21. The summed E-state index contributed by atoms with van der Waals surface area (Å²) in [7, 11) is 0. The molecule has 146 valence electrons. The van der Waals surface area contributed by atoms with Crippen molar-refractivity contribution in [1.29, 1.82) is 0 Å². The number of hydrogen-bond acceptors (Lipinski definition) is 5. The van der Waals surface area contributed by atoms with Crippen molar-refractivity contribution in [3.8, 4) is 16.3 Å². The Labute approximate surface area is 179 Å². The largest absolute Gasteiger partial charge is 0.481 e. The molecule has 2 aromatic heterocycles. The van der Waals surface area contributed by atoms with Crippen LogP contribution < -0.4 is 10.1 Å². The third-order valence-corrected chi connectivity index (χ3v) is 5.46. The van der Waals surface area contributed by atoms with E-state index in [1.807, 2.05) is 30.3 Å². The summed E-state index contributed by atoms with van der Waals surface area (Å²) >= 11 is 13.3. The van der Waals surface area contributed by atoms with Gasteiger partial charge >= 0.3 is 0 Å². The van der Waals surface area contributed by atoms with Crippen LogP contribution in [0.2, 0.25) is 10.0 Å². The molecule has 1 N–H and O–H groups in total. The lowest BCUT2D eigenvalue weighted by atomic mass is 10.2. The van der Waals surface area contributed by atoms with E-state index in [0.717, 1.165) is 33.1 Å². The molecule has 1 amide bonds. The summed E-state index contributed by atoms with van der Waals surface area (Å²) < 4.78 is 18.6. The molecule has 0 aliphatic carbocycles. The number of hydrogen-bond donors (Lipinski definition) is 1. The van der Waals surface area contributed by atoms with Crippen LogP contribution in [0.5, 0.6) is 5.75 Å². The first-order valence-electron chi connectivity index (χ1n) is 8.39. The summed E-state index contributed by atoms with van der Waals surface area (Å²) in [6.45, 7) is -0.333. The Hall–Kier alpha value is -2.74. The van der Waals surface area contributed by atoms with Crippen molar-refractivity contribution in [2.45, 2.75) is 0 Å². The lowest BCUT2D eigenvalue weighted by Gasteiger charge is -2.11. The number of benzene rings is 2. The van der Waals surface area contributed by atoms with Crippen LogP contribution in [-0.2, 0) is 4.79 Å². The van der Waals surface area contributed by atoms with Crippen LogP contribution in [0.1, 0.15) is 0 Å². The third-order valence-electron chi connectivity index (χ3n) is 3.87. The molecule has 29 heavy (non-hydrogen) atoms. The van der Waals surface area contributed by atoms with Gasteiger partial charge in [0, 0.05) is 17.4 Å². The molecule has 0 spiro atoms. The summed E-state index contributed by atoms with van der Waals surface area (Å²) in [5.74, 6) is -0.941. The van der Waals surface area contributed by atoms with Crippen molar-refractivity contribution in [2.24, 2.45) is 0 Å². The molecule has 9 heteroatoms. The smallest absolute Gasteiger partial charge is 0.262 e. The van der Waals surface area contributed by atoms with E-state index < -0.39 is 11.7 Å². The van der Waals surface area contributed by atoms with E-state index in [-0.39, 0.29) is 22.4 Å². The summed E-state index contributed by atoms with van der Waals surface area (Å²) in [6.07, 6.45) is 1.72. The van der Waals surface area contributed by atoms with Gasteiger partial charge < -0.3 is 10.1 Å². The van der Waals surface area contributed by atoms with Gasteiger partial charge in [-0.05, 0) is 36.4 Å². The lowest BCUT2D eigenvalue weighted by Crippen LogP contribution is -2.20. The quantitative estimate of drug-likeness (QED) is 0.418. The molecule has 5 nitrogen and oxygen atoms in total. The number of aromatic nitrogens is 2. The predicted molar refractivity (Wildman–Crippen MR) is 113 cm³/mol. The van der Waals surface area contributed by atoms with Gasteiger partial charge in [0.05, 0.1) is 10.0 Å². The van der Waals surface area contributed by atoms with E-state index in [2.05, 4.69) is 15.3 Å². The number of amides is 1. The van der Waals surface area contributed by atoms with E-state index in [9.17, 15) is 9.18 Å². The standard InChI is InChI=1S/C20H12Cl2FN3O2S/c21-14-8-12(23)9-15(22)18(14)28-10-17(27)25-13-4-1-3-11(7-13)19-26-16-5-2-6-24-20(16)29-19/h1-9H,10H2,(H,25,27). The molecule has 0 unspecified atom stereocenters. The minimum Gasteiger partial charge on any atom is -0.481 e. The number of anilines is 1. The zero-order valence-corrected chi connectivity index (χ0v) is 17.0. The zero-order valence-electron chi connectivity index (χ0n) is 14.7. The van der Waals surface area contributed by atoms with Crippen LogP contribution in [0.25, 0.3) is 20.9 Å². The summed E-state index contributed by atoms with van der Waals surface area (Å²) in [5, 5.41) is 3.53. The molecule has 4 aromatic rings. The summed E-state index contributed by atoms with van der Waals surface area (Å²) in [5.41, 5.74) is 2.26. The van der Waals surface area contributed by atoms with Crippen molar-refractivity contribution in [1.82, 2.24) is 9.97 Å². The van der Waals surface area contributed by atoms with Gasteiger partial charge in [-0.25, -0.2) is 14.4 Å². The van der Waals surface area contributed by atoms with Gasteiger partial charge in [-0.15, -0.1) is 0 Å². The maximum absolute atomic E-state index is 13.2. The van der Waals surface area contributed by atoms with Crippen molar-refractivity contribution in [2.75, 3.05) is 11.9 Å². The summed E-state index contributed by atoms with van der Waals surface area (Å²) in [4.78, 5) is 22.0. The second-order valence-corrected chi connectivity index (χ2v) is 7.75. The van der Waals surface area contributed by atoms with Crippen molar-refractivity contribution >= 4 is 56.5 Å². The Morgan fingerprint density at radius 1 is 1.14 bits per heavy atom. The number of carbonyl (C=O) groups is 1. The predicted octanol–water partition coefficient (Wildman–Crippen LogP) is 5.82. The number of pyridine rings is 1. The highest BCUT2D eigenvalue weighted by Crippen LogP contribution is 2.34. The molecule has 0 saturated heterocycles. The summed E-state index contributed by atoms with van der Waals surface area (Å²) in [6, 6.07) is 13.2. The van der Waals surface area contributed by atoms with Crippen molar-refractivity contribution < 1.29 is 13.9 Å². The molecule has 0 bridgehead atoms.